The van der Waals surface area contributed by atoms with E-state index < -0.39 is 5.60 Å². The number of likely N-dealkylation sites (tertiary alicyclic amines) is 1. The van der Waals surface area contributed by atoms with Gasteiger partial charge in [-0.05, 0) is 53.4 Å². The van der Waals surface area contributed by atoms with E-state index in [2.05, 4.69) is 16.7 Å². The minimum Gasteiger partial charge on any atom is -0.444 e. The number of likely N-dealkylation sites (N-methyl/N-ethyl adjacent to an activating group) is 1. The van der Waals surface area contributed by atoms with Crippen LogP contribution >= 0.6 is 0 Å². The number of hydrogen-bond acceptors (Lipinski definition) is 3. The fourth-order valence-corrected chi connectivity index (χ4v) is 4.66. The van der Waals surface area contributed by atoms with Crippen molar-refractivity contribution in [2.24, 2.45) is 0 Å². The molecule has 0 aromatic heterocycles. The van der Waals surface area contributed by atoms with E-state index in [-0.39, 0.29) is 18.2 Å². The van der Waals surface area contributed by atoms with Crippen LogP contribution in [0.25, 0.3) is 0 Å². The van der Waals surface area contributed by atoms with Gasteiger partial charge in [-0.25, -0.2) is 9.59 Å². The highest BCUT2D eigenvalue weighted by Crippen LogP contribution is 2.37. The SMILES string of the molecule is CCN1C(=O)N(C2CCN(C(=O)OC(C)(C)C)CC2)[C@H]2CCCCC21. The van der Waals surface area contributed by atoms with Crippen molar-refractivity contribution in [3.63, 3.8) is 0 Å². The number of ether oxygens (including phenoxy) is 1. The lowest BCUT2D eigenvalue weighted by atomic mass is 9.89. The first-order valence-corrected chi connectivity index (χ1v) is 9.88. The van der Waals surface area contributed by atoms with Crippen molar-refractivity contribution >= 4 is 12.1 Å². The first kappa shape index (κ1) is 18.3. The second-order valence-electron chi connectivity index (χ2n) is 8.59. The van der Waals surface area contributed by atoms with Crippen molar-refractivity contribution in [3.8, 4) is 0 Å². The van der Waals surface area contributed by atoms with E-state index in [1.165, 1.54) is 12.8 Å². The molecule has 1 saturated carbocycles. The summed E-state index contributed by atoms with van der Waals surface area (Å²) in [7, 11) is 0. The second-order valence-corrected chi connectivity index (χ2v) is 8.59. The van der Waals surface area contributed by atoms with Gasteiger partial charge in [0.2, 0.25) is 0 Å². The third kappa shape index (κ3) is 3.72. The molecule has 25 heavy (non-hydrogen) atoms. The molecule has 2 saturated heterocycles. The van der Waals surface area contributed by atoms with Crippen LogP contribution in [0.3, 0.4) is 0 Å². The molecule has 0 aromatic carbocycles. The topological polar surface area (TPSA) is 53.1 Å². The zero-order valence-corrected chi connectivity index (χ0v) is 16.2. The third-order valence-corrected chi connectivity index (χ3v) is 5.77. The maximum atomic E-state index is 13.0. The average molecular weight is 351 g/mol. The quantitative estimate of drug-likeness (QED) is 0.766. The number of amides is 3. The molecule has 3 fully saturated rings. The van der Waals surface area contributed by atoms with E-state index in [9.17, 15) is 9.59 Å². The molecule has 0 radical (unpaired) electrons. The molecule has 0 spiro atoms. The van der Waals surface area contributed by atoms with Crippen LogP contribution in [0.15, 0.2) is 0 Å². The minimum atomic E-state index is -0.463. The Kier molecular flexibility index (Phi) is 5.16. The van der Waals surface area contributed by atoms with Crippen LogP contribution < -0.4 is 0 Å². The van der Waals surface area contributed by atoms with Crippen molar-refractivity contribution in [3.05, 3.63) is 0 Å². The Balaban J connectivity index is 1.62. The standard InChI is InChI=1S/C19H33N3O3/c1-5-21-15-8-6-7-9-16(15)22(17(21)23)14-10-12-20(13-11-14)18(24)25-19(2,3)4/h14-16H,5-13H2,1-4H3/t15?,16-/m0/s1. The summed E-state index contributed by atoms with van der Waals surface area (Å²) in [6.07, 6.45) is 6.19. The molecule has 2 aliphatic heterocycles. The molecule has 6 heteroatoms. The van der Waals surface area contributed by atoms with E-state index >= 15 is 0 Å². The van der Waals surface area contributed by atoms with Gasteiger partial charge in [0.25, 0.3) is 0 Å². The molecule has 0 bridgehead atoms. The molecule has 6 nitrogen and oxygen atoms in total. The Morgan fingerprint density at radius 1 is 1.08 bits per heavy atom. The minimum absolute atomic E-state index is 0.218. The maximum Gasteiger partial charge on any atom is 0.410 e. The van der Waals surface area contributed by atoms with Crippen molar-refractivity contribution in [1.82, 2.24) is 14.7 Å². The highest BCUT2D eigenvalue weighted by Gasteiger charge is 2.48. The Bertz CT molecular complexity index is 509. The molecular weight excluding hydrogens is 318 g/mol. The van der Waals surface area contributed by atoms with Crippen LogP contribution in [0.2, 0.25) is 0 Å². The third-order valence-electron chi connectivity index (χ3n) is 5.77. The van der Waals surface area contributed by atoms with Crippen molar-refractivity contribution in [2.75, 3.05) is 19.6 Å². The summed E-state index contributed by atoms with van der Waals surface area (Å²) < 4.78 is 5.48. The molecule has 1 aliphatic carbocycles. The second kappa shape index (κ2) is 7.04. The van der Waals surface area contributed by atoms with Gasteiger partial charge in [-0.2, -0.15) is 0 Å². The van der Waals surface area contributed by atoms with Gasteiger partial charge >= 0.3 is 12.1 Å². The Morgan fingerprint density at radius 3 is 2.24 bits per heavy atom. The fraction of sp³-hybridized carbons (Fsp3) is 0.895. The number of carbonyl (C=O) groups excluding carboxylic acids is 2. The summed E-state index contributed by atoms with van der Waals surface area (Å²) in [5.74, 6) is 0. The lowest BCUT2D eigenvalue weighted by Crippen LogP contribution is -2.51. The van der Waals surface area contributed by atoms with Gasteiger partial charge in [-0.1, -0.05) is 12.8 Å². The number of hydrogen-bond donors (Lipinski definition) is 0. The zero-order chi connectivity index (χ0) is 18.2. The van der Waals surface area contributed by atoms with E-state index in [1.807, 2.05) is 20.8 Å². The number of nitrogens with zero attached hydrogens (tertiary/aromatic N) is 3. The first-order chi connectivity index (χ1) is 11.8. The van der Waals surface area contributed by atoms with E-state index in [1.54, 1.807) is 4.90 Å². The number of urea groups is 1. The smallest absolute Gasteiger partial charge is 0.410 e. The number of rotatable bonds is 2. The van der Waals surface area contributed by atoms with Gasteiger partial charge < -0.3 is 19.4 Å². The summed E-state index contributed by atoms with van der Waals surface area (Å²) in [5, 5.41) is 0. The number of piperidine rings is 1. The van der Waals surface area contributed by atoms with Gasteiger partial charge in [0.05, 0.1) is 12.1 Å². The summed E-state index contributed by atoms with van der Waals surface area (Å²) in [5.41, 5.74) is -0.463. The van der Waals surface area contributed by atoms with Gasteiger partial charge in [-0.3, -0.25) is 0 Å². The van der Waals surface area contributed by atoms with Crippen LogP contribution in [0, 0.1) is 0 Å². The first-order valence-electron chi connectivity index (χ1n) is 9.88. The van der Waals surface area contributed by atoms with Crippen molar-refractivity contribution in [1.29, 1.82) is 0 Å². The normalized spacial score (nSPS) is 28.3. The Hall–Kier alpha value is -1.46. The predicted molar refractivity (Wildman–Crippen MR) is 96.5 cm³/mol. The fourth-order valence-electron chi connectivity index (χ4n) is 4.66. The Morgan fingerprint density at radius 2 is 1.68 bits per heavy atom. The predicted octanol–water partition coefficient (Wildman–Crippen LogP) is 3.45. The number of carbonyl (C=O) groups is 2. The van der Waals surface area contributed by atoms with Gasteiger partial charge in [-0.15, -0.1) is 0 Å². The molecule has 2 heterocycles. The van der Waals surface area contributed by atoms with Crippen LogP contribution in [0.1, 0.15) is 66.2 Å². The molecule has 3 amide bonds. The van der Waals surface area contributed by atoms with Gasteiger partial charge in [0.15, 0.2) is 0 Å². The lowest BCUT2D eigenvalue weighted by molar-refractivity contribution is 0.0151. The van der Waals surface area contributed by atoms with E-state index in [0.29, 0.717) is 25.2 Å². The largest absolute Gasteiger partial charge is 0.444 e. The maximum absolute atomic E-state index is 13.0. The molecule has 0 N–H and O–H groups in total. The molecule has 3 rings (SSSR count). The van der Waals surface area contributed by atoms with E-state index in [4.69, 9.17) is 4.74 Å². The highest BCUT2D eigenvalue weighted by molar-refractivity contribution is 5.78. The van der Waals surface area contributed by atoms with E-state index in [0.717, 1.165) is 32.2 Å². The van der Waals surface area contributed by atoms with Gasteiger partial charge in [0, 0.05) is 25.7 Å². The van der Waals surface area contributed by atoms with Crippen molar-refractivity contribution < 1.29 is 14.3 Å². The summed E-state index contributed by atoms with van der Waals surface area (Å²) >= 11 is 0. The Labute approximate surface area is 151 Å². The molecular formula is C19H33N3O3. The van der Waals surface area contributed by atoms with Crippen LogP contribution in [0.5, 0.6) is 0 Å². The lowest BCUT2D eigenvalue weighted by Gasteiger charge is -2.40. The average Bonchev–Trinajstić information content (AvgIpc) is 2.84. The molecule has 142 valence electrons. The summed E-state index contributed by atoms with van der Waals surface area (Å²) in [4.78, 5) is 31.2. The molecule has 3 aliphatic rings. The zero-order valence-electron chi connectivity index (χ0n) is 16.2. The van der Waals surface area contributed by atoms with Crippen molar-refractivity contribution in [2.45, 2.75) is 89.9 Å². The summed E-state index contributed by atoms with van der Waals surface area (Å²) in [6, 6.07) is 1.25. The molecule has 0 aromatic rings. The number of fused-ring (bicyclic) bond motifs is 1. The highest BCUT2D eigenvalue weighted by atomic mass is 16.6. The molecule has 1 unspecified atom stereocenters. The summed E-state index contributed by atoms with van der Waals surface area (Å²) in [6.45, 7) is 9.90. The monoisotopic (exact) mass is 351 g/mol. The van der Waals surface area contributed by atoms with Crippen LogP contribution in [-0.4, -0.2) is 70.2 Å². The van der Waals surface area contributed by atoms with Gasteiger partial charge in [0.1, 0.15) is 5.60 Å². The van der Waals surface area contributed by atoms with Crippen LogP contribution in [-0.2, 0) is 4.74 Å². The van der Waals surface area contributed by atoms with Crippen LogP contribution in [0.4, 0.5) is 9.59 Å². The molecule has 2 atom stereocenters.